The van der Waals surface area contributed by atoms with Gasteiger partial charge in [0.15, 0.2) is 5.96 Å². The Morgan fingerprint density at radius 1 is 1.24 bits per heavy atom. The fraction of sp³-hybridized carbons (Fsp3) is 0.688. The molecule has 1 aromatic rings. The molecule has 1 saturated heterocycles. The molecule has 0 radical (unpaired) electrons. The first-order valence-corrected chi connectivity index (χ1v) is 8.17. The highest BCUT2D eigenvalue weighted by Gasteiger charge is 2.20. The molecule has 1 fully saturated rings. The Bertz CT molecular complexity index is 412. The molecule has 0 bridgehead atoms. The van der Waals surface area contributed by atoms with Gasteiger partial charge in [0.25, 0.3) is 0 Å². The molecular weight excluding hydrogens is 262 g/mol. The minimum Gasteiger partial charge on any atom is -0.357 e. The molecule has 5 heteroatoms. The van der Waals surface area contributed by atoms with Crippen LogP contribution in [0.15, 0.2) is 29.5 Å². The summed E-state index contributed by atoms with van der Waals surface area (Å²) in [6, 6.07) is 4.11. The number of nitrogens with one attached hydrogen (secondary N) is 2. The summed E-state index contributed by atoms with van der Waals surface area (Å²) in [6.07, 6.45) is 5.45. The largest absolute Gasteiger partial charge is 0.357 e. The summed E-state index contributed by atoms with van der Waals surface area (Å²) in [5.41, 5.74) is 0. The molecule has 2 rings (SSSR count). The predicted molar refractivity (Wildman–Crippen MR) is 88.6 cm³/mol. The molecule has 1 aliphatic heterocycles. The number of hydrogen-bond acceptors (Lipinski definition) is 2. The van der Waals surface area contributed by atoms with Crippen molar-refractivity contribution < 1.29 is 0 Å². The lowest BCUT2D eigenvalue weighted by Gasteiger charge is -2.14. The number of hydrogen-bond donors (Lipinski definition) is 2. The van der Waals surface area contributed by atoms with E-state index in [1.54, 1.807) is 0 Å². The zero-order chi connectivity index (χ0) is 14.9. The first kappa shape index (κ1) is 15.9. The van der Waals surface area contributed by atoms with Crippen LogP contribution in [0.25, 0.3) is 0 Å². The Hall–Kier alpha value is -1.49. The van der Waals surface area contributed by atoms with Gasteiger partial charge in [-0.3, -0.25) is 4.99 Å². The molecule has 2 heterocycles. The van der Waals surface area contributed by atoms with Crippen LogP contribution in [0.3, 0.4) is 0 Å². The average Bonchev–Trinajstić information content (AvgIpc) is 3.16. The van der Waals surface area contributed by atoms with Crippen molar-refractivity contribution >= 4 is 5.96 Å². The van der Waals surface area contributed by atoms with Crippen LogP contribution >= 0.6 is 0 Å². The number of aliphatic imine (C=N–C) groups is 1. The third-order valence-corrected chi connectivity index (χ3v) is 4.00. The highest BCUT2D eigenvalue weighted by molar-refractivity contribution is 5.79. The summed E-state index contributed by atoms with van der Waals surface area (Å²) in [6.45, 7) is 11.6. The maximum absolute atomic E-state index is 4.74. The maximum Gasteiger partial charge on any atom is 0.191 e. The van der Waals surface area contributed by atoms with Crippen LogP contribution in [0, 0.1) is 5.92 Å². The number of nitrogens with zero attached hydrogens (tertiary/aromatic N) is 3. The Morgan fingerprint density at radius 3 is 2.71 bits per heavy atom. The fourth-order valence-electron chi connectivity index (χ4n) is 2.73. The predicted octanol–water partition coefficient (Wildman–Crippen LogP) is 1.39. The Kier molecular flexibility index (Phi) is 6.60. The van der Waals surface area contributed by atoms with Crippen LogP contribution in [0.1, 0.15) is 20.3 Å². The highest BCUT2D eigenvalue weighted by atomic mass is 15.2. The van der Waals surface area contributed by atoms with Gasteiger partial charge in [0, 0.05) is 45.1 Å². The normalized spacial score (nSPS) is 19.9. The van der Waals surface area contributed by atoms with Gasteiger partial charge < -0.3 is 20.1 Å². The number of aromatic nitrogens is 1. The van der Waals surface area contributed by atoms with Gasteiger partial charge in [-0.2, -0.15) is 0 Å². The van der Waals surface area contributed by atoms with Crippen molar-refractivity contribution in [3.05, 3.63) is 24.5 Å². The van der Waals surface area contributed by atoms with Crippen molar-refractivity contribution in [3.8, 4) is 0 Å². The third kappa shape index (κ3) is 5.42. The molecule has 1 atom stereocenters. The van der Waals surface area contributed by atoms with Gasteiger partial charge in [0.1, 0.15) is 0 Å². The molecule has 21 heavy (non-hydrogen) atoms. The number of guanidine groups is 1. The van der Waals surface area contributed by atoms with Crippen molar-refractivity contribution in [2.24, 2.45) is 10.9 Å². The van der Waals surface area contributed by atoms with Crippen molar-refractivity contribution in [1.29, 1.82) is 0 Å². The molecule has 0 aromatic carbocycles. The van der Waals surface area contributed by atoms with Gasteiger partial charge in [0.05, 0.1) is 0 Å². The van der Waals surface area contributed by atoms with E-state index in [1.165, 1.54) is 19.5 Å². The Balaban J connectivity index is 1.73. The summed E-state index contributed by atoms with van der Waals surface area (Å²) < 4.78 is 2.17. The first-order valence-electron chi connectivity index (χ1n) is 8.17. The number of likely N-dealkylation sites (tertiary alicyclic amines) is 1. The van der Waals surface area contributed by atoms with Crippen LogP contribution in [0.4, 0.5) is 0 Å². The second-order valence-corrected chi connectivity index (χ2v) is 5.62. The summed E-state index contributed by atoms with van der Waals surface area (Å²) in [5.74, 6) is 1.66. The Labute approximate surface area is 128 Å². The van der Waals surface area contributed by atoms with E-state index in [9.17, 15) is 0 Å². The zero-order valence-corrected chi connectivity index (χ0v) is 13.4. The molecule has 0 saturated carbocycles. The summed E-state index contributed by atoms with van der Waals surface area (Å²) in [4.78, 5) is 7.25. The van der Waals surface area contributed by atoms with Gasteiger partial charge in [0.2, 0.25) is 0 Å². The molecule has 118 valence electrons. The lowest BCUT2D eigenvalue weighted by atomic mass is 10.1. The van der Waals surface area contributed by atoms with E-state index in [1.807, 2.05) is 0 Å². The molecule has 0 amide bonds. The van der Waals surface area contributed by atoms with E-state index < -0.39 is 0 Å². The highest BCUT2D eigenvalue weighted by Crippen LogP contribution is 2.15. The third-order valence-electron chi connectivity index (χ3n) is 4.00. The van der Waals surface area contributed by atoms with E-state index in [4.69, 9.17) is 4.99 Å². The summed E-state index contributed by atoms with van der Waals surface area (Å²) in [7, 11) is 0. The van der Waals surface area contributed by atoms with Crippen LogP contribution in [-0.4, -0.2) is 54.7 Å². The van der Waals surface area contributed by atoms with Crippen LogP contribution < -0.4 is 10.6 Å². The van der Waals surface area contributed by atoms with E-state index in [-0.39, 0.29) is 0 Å². The van der Waals surface area contributed by atoms with Crippen LogP contribution in [0.5, 0.6) is 0 Å². The molecule has 5 nitrogen and oxygen atoms in total. The minimum atomic E-state index is 0.713. The maximum atomic E-state index is 4.74. The van der Waals surface area contributed by atoms with Crippen molar-refractivity contribution in [3.63, 3.8) is 0 Å². The zero-order valence-electron chi connectivity index (χ0n) is 13.4. The van der Waals surface area contributed by atoms with E-state index in [0.29, 0.717) is 5.92 Å². The standard InChI is InChI=1S/C16H29N5/c1-3-17-16(18-8-12-21-9-5-6-10-21)19-13-15-7-11-20(4-2)14-15/h5-6,9-10,15H,3-4,7-8,11-14H2,1-2H3,(H2,17,18,19). The molecule has 0 spiro atoms. The monoisotopic (exact) mass is 291 g/mol. The lowest BCUT2D eigenvalue weighted by Crippen LogP contribution is -2.39. The molecule has 0 aliphatic carbocycles. The first-order chi connectivity index (χ1) is 10.3. The molecular formula is C16H29N5. The Morgan fingerprint density at radius 2 is 2.05 bits per heavy atom. The van der Waals surface area contributed by atoms with Crippen molar-refractivity contribution in [1.82, 2.24) is 20.1 Å². The smallest absolute Gasteiger partial charge is 0.191 e. The van der Waals surface area contributed by atoms with Gasteiger partial charge in [-0.05, 0) is 44.5 Å². The van der Waals surface area contributed by atoms with Gasteiger partial charge >= 0.3 is 0 Å². The van der Waals surface area contributed by atoms with Gasteiger partial charge in [-0.15, -0.1) is 0 Å². The molecule has 1 aromatic heterocycles. The number of rotatable bonds is 7. The van der Waals surface area contributed by atoms with E-state index >= 15 is 0 Å². The topological polar surface area (TPSA) is 44.6 Å². The van der Waals surface area contributed by atoms with Gasteiger partial charge in [-0.1, -0.05) is 6.92 Å². The van der Waals surface area contributed by atoms with Crippen LogP contribution in [-0.2, 0) is 6.54 Å². The second kappa shape index (κ2) is 8.72. The average molecular weight is 291 g/mol. The van der Waals surface area contributed by atoms with Crippen LogP contribution in [0.2, 0.25) is 0 Å². The van der Waals surface area contributed by atoms with Gasteiger partial charge in [-0.25, -0.2) is 0 Å². The van der Waals surface area contributed by atoms with Crippen molar-refractivity contribution in [2.75, 3.05) is 39.3 Å². The minimum absolute atomic E-state index is 0.713. The quantitative estimate of drug-likeness (QED) is 0.589. The van der Waals surface area contributed by atoms with E-state index in [2.05, 4.69) is 58.5 Å². The summed E-state index contributed by atoms with van der Waals surface area (Å²) in [5, 5.41) is 6.74. The fourth-order valence-corrected chi connectivity index (χ4v) is 2.73. The molecule has 1 unspecified atom stereocenters. The molecule has 1 aliphatic rings. The lowest BCUT2D eigenvalue weighted by molar-refractivity contribution is 0.343. The molecule has 2 N–H and O–H groups in total. The van der Waals surface area contributed by atoms with Crippen molar-refractivity contribution in [2.45, 2.75) is 26.8 Å². The second-order valence-electron chi connectivity index (χ2n) is 5.62. The SMILES string of the molecule is CCNC(=NCC1CCN(CC)C1)NCCn1cccc1. The summed E-state index contributed by atoms with van der Waals surface area (Å²) >= 11 is 0. The van der Waals surface area contributed by atoms with E-state index in [0.717, 1.165) is 38.7 Å².